The SMILES string of the molecule is CC(=O)[C@H](C)[C@@H](NC(=O)CC(C)(C)C)c1ccccc1.CO. The largest absolute Gasteiger partial charge is 0.400 e. The third kappa shape index (κ3) is 7.36. The number of nitrogens with one attached hydrogen (secondary N) is 1. The number of rotatable bonds is 5. The van der Waals surface area contributed by atoms with E-state index in [0.29, 0.717) is 6.42 Å². The molecule has 0 aliphatic carbocycles. The van der Waals surface area contributed by atoms with Crippen LogP contribution in [0.1, 0.15) is 52.6 Å². The lowest BCUT2D eigenvalue weighted by Crippen LogP contribution is -2.36. The van der Waals surface area contributed by atoms with Gasteiger partial charge in [-0.25, -0.2) is 0 Å². The van der Waals surface area contributed by atoms with Crippen LogP contribution in [0.4, 0.5) is 0 Å². The van der Waals surface area contributed by atoms with Crippen LogP contribution >= 0.6 is 0 Å². The molecule has 124 valence electrons. The number of Topliss-reactive ketones (excluding diaryl/α,β-unsaturated/α-hetero) is 1. The van der Waals surface area contributed by atoms with Crippen LogP contribution in [-0.4, -0.2) is 23.9 Å². The molecule has 0 fully saturated rings. The molecule has 0 saturated carbocycles. The van der Waals surface area contributed by atoms with Gasteiger partial charge in [-0.15, -0.1) is 0 Å². The molecule has 0 aliphatic heterocycles. The van der Waals surface area contributed by atoms with E-state index in [1.807, 2.05) is 58.0 Å². The van der Waals surface area contributed by atoms with Gasteiger partial charge in [0.15, 0.2) is 0 Å². The van der Waals surface area contributed by atoms with Crippen molar-refractivity contribution in [3.8, 4) is 0 Å². The molecule has 0 bridgehead atoms. The highest BCUT2D eigenvalue weighted by molar-refractivity contribution is 5.81. The van der Waals surface area contributed by atoms with Gasteiger partial charge in [-0.3, -0.25) is 9.59 Å². The Morgan fingerprint density at radius 3 is 2.05 bits per heavy atom. The Bertz CT molecular complexity index is 463. The highest BCUT2D eigenvalue weighted by Crippen LogP contribution is 2.24. The molecule has 4 heteroatoms. The Kier molecular flexibility index (Phi) is 8.65. The number of aliphatic hydroxyl groups excluding tert-OH is 1. The predicted octanol–water partition coefficient (Wildman–Crippen LogP) is 3.11. The Labute approximate surface area is 133 Å². The van der Waals surface area contributed by atoms with E-state index in [1.54, 1.807) is 6.92 Å². The number of benzene rings is 1. The smallest absolute Gasteiger partial charge is 0.221 e. The quantitative estimate of drug-likeness (QED) is 0.878. The topological polar surface area (TPSA) is 66.4 Å². The fraction of sp³-hybridized carbons (Fsp3) is 0.556. The highest BCUT2D eigenvalue weighted by atomic mass is 16.2. The van der Waals surface area contributed by atoms with Gasteiger partial charge in [-0.05, 0) is 17.9 Å². The molecule has 0 unspecified atom stereocenters. The van der Waals surface area contributed by atoms with E-state index >= 15 is 0 Å². The summed E-state index contributed by atoms with van der Waals surface area (Å²) in [6, 6.07) is 9.40. The van der Waals surface area contributed by atoms with Gasteiger partial charge in [0.1, 0.15) is 5.78 Å². The fourth-order valence-electron chi connectivity index (χ4n) is 2.10. The normalized spacial score (nSPS) is 13.4. The van der Waals surface area contributed by atoms with Crippen molar-refractivity contribution >= 4 is 11.7 Å². The van der Waals surface area contributed by atoms with E-state index in [1.165, 1.54) is 0 Å². The van der Waals surface area contributed by atoms with Crippen LogP contribution < -0.4 is 5.32 Å². The van der Waals surface area contributed by atoms with Crippen molar-refractivity contribution in [2.45, 2.75) is 47.1 Å². The second-order valence-electron chi connectivity index (χ2n) is 6.59. The zero-order valence-corrected chi connectivity index (χ0v) is 14.5. The molecule has 4 nitrogen and oxygen atoms in total. The molecular weight excluding hydrogens is 278 g/mol. The third-order valence-corrected chi connectivity index (χ3v) is 3.31. The van der Waals surface area contributed by atoms with Crippen molar-refractivity contribution < 1.29 is 14.7 Å². The summed E-state index contributed by atoms with van der Waals surface area (Å²) in [6.45, 7) is 9.50. The first-order valence-corrected chi connectivity index (χ1v) is 7.50. The van der Waals surface area contributed by atoms with Crippen LogP contribution in [-0.2, 0) is 9.59 Å². The lowest BCUT2D eigenvalue weighted by atomic mass is 9.89. The van der Waals surface area contributed by atoms with E-state index < -0.39 is 0 Å². The average molecular weight is 307 g/mol. The molecule has 2 N–H and O–H groups in total. The molecule has 2 atom stereocenters. The van der Waals surface area contributed by atoms with Crippen LogP contribution in [0.2, 0.25) is 0 Å². The number of ketones is 1. The van der Waals surface area contributed by atoms with Gasteiger partial charge in [0.2, 0.25) is 5.91 Å². The van der Waals surface area contributed by atoms with Crippen LogP contribution in [0.25, 0.3) is 0 Å². The first-order chi connectivity index (χ1) is 10.2. The second-order valence-corrected chi connectivity index (χ2v) is 6.59. The Balaban J connectivity index is 0.00000211. The molecule has 22 heavy (non-hydrogen) atoms. The van der Waals surface area contributed by atoms with E-state index in [-0.39, 0.29) is 29.1 Å². The van der Waals surface area contributed by atoms with Crippen molar-refractivity contribution in [3.63, 3.8) is 0 Å². The first kappa shape index (κ1) is 20.3. The number of aliphatic hydroxyl groups is 1. The number of amides is 1. The van der Waals surface area contributed by atoms with Crippen LogP contribution in [0, 0.1) is 11.3 Å². The third-order valence-electron chi connectivity index (χ3n) is 3.31. The zero-order valence-electron chi connectivity index (χ0n) is 14.5. The summed E-state index contributed by atoms with van der Waals surface area (Å²) in [5, 5.41) is 10.0. The zero-order chi connectivity index (χ0) is 17.3. The van der Waals surface area contributed by atoms with E-state index in [0.717, 1.165) is 12.7 Å². The standard InChI is InChI=1S/C17H25NO2.CH4O/c1-12(13(2)19)16(14-9-7-6-8-10-14)18-15(20)11-17(3,4)5;1-2/h6-10,12,16H,11H2,1-5H3,(H,18,20);2H,1H3/t12-,16+;/m0./s1. The molecule has 0 aliphatic rings. The van der Waals surface area contributed by atoms with Gasteiger partial charge in [0, 0.05) is 19.4 Å². The Morgan fingerprint density at radius 2 is 1.64 bits per heavy atom. The molecule has 0 spiro atoms. The van der Waals surface area contributed by atoms with Crippen LogP contribution in [0.3, 0.4) is 0 Å². The van der Waals surface area contributed by atoms with Crippen molar-refractivity contribution in [2.24, 2.45) is 11.3 Å². The maximum Gasteiger partial charge on any atom is 0.221 e. The molecule has 1 rings (SSSR count). The first-order valence-electron chi connectivity index (χ1n) is 7.50. The predicted molar refractivity (Wildman–Crippen MR) is 89.4 cm³/mol. The monoisotopic (exact) mass is 307 g/mol. The van der Waals surface area contributed by atoms with Gasteiger partial charge in [-0.1, -0.05) is 58.0 Å². The minimum absolute atomic E-state index is 0.0144. The number of carbonyl (C=O) groups is 2. The minimum atomic E-state index is -0.261. The molecule has 1 aromatic carbocycles. The summed E-state index contributed by atoms with van der Waals surface area (Å²) in [7, 11) is 1.00. The van der Waals surface area contributed by atoms with E-state index in [4.69, 9.17) is 5.11 Å². The summed E-state index contributed by atoms with van der Waals surface area (Å²) in [5.74, 6) is -0.171. The van der Waals surface area contributed by atoms with E-state index in [2.05, 4.69) is 5.32 Å². The summed E-state index contributed by atoms with van der Waals surface area (Å²) in [4.78, 5) is 23.8. The summed E-state index contributed by atoms with van der Waals surface area (Å²) in [6.07, 6.45) is 0.445. The van der Waals surface area contributed by atoms with Gasteiger partial charge in [0.05, 0.1) is 6.04 Å². The maximum atomic E-state index is 12.1. The Morgan fingerprint density at radius 1 is 1.14 bits per heavy atom. The lowest BCUT2D eigenvalue weighted by Gasteiger charge is -2.26. The van der Waals surface area contributed by atoms with Crippen LogP contribution in [0.15, 0.2) is 30.3 Å². The number of hydrogen-bond acceptors (Lipinski definition) is 3. The average Bonchev–Trinajstić information content (AvgIpc) is 2.45. The number of carbonyl (C=O) groups excluding carboxylic acids is 2. The minimum Gasteiger partial charge on any atom is -0.400 e. The molecule has 0 radical (unpaired) electrons. The van der Waals surface area contributed by atoms with Crippen molar-refractivity contribution in [1.82, 2.24) is 5.32 Å². The van der Waals surface area contributed by atoms with Crippen molar-refractivity contribution in [2.75, 3.05) is 7.11 Å². The fourth-order valence-corrected chi connectivity index (χ4v) is 2.10. The molecule has 0 saturated heterocycles. The van der Waals surface area contributed by atoms with Gasteiger partial charge in [-0.2, -0.15) is 0 Å². The van der Waals surface area contributed by atoms with Crippen molar-refractivity contribution in [3.05, 3.63) is 35.9 Å². The molecule has 0 heterocycles. The maximum absolute atomic E-state index is 12.1. The second kappa shape index (κ2) is 9.36. The van der Waals surface area contributed by atoms with E-state index in [9.17, 15) is 9.59 Å². The summed E-state index contributed by atoms with van der Waals surface area (Å²) in [5.41, 5.74) is 0.905. The molecule has 1 amide bonds. The molecule has 0 aromatic heterocycles. The van der Waals surface area contributed by atoms with Gasteiger partial charge in [0.25, 0.3) is 0 Å². The molecule has 1 aromatic rings. The van der Waals surface area contributed by atoms with Crippen molar-refractivity contribution in [1.29, 1.82) is 0 Å². The molecular formula is C18H29NO3. The number of hydrogen-bond donors (Lipinski definition) is 2. The summed E-state index contributed by atoms with van der Waals surface area (Å²) < 4.78 is 0. The van der Waals surface area contributed by atoms with Gasteiger partial charge >= 0.3 is 0 Å². The highest BCUT2D eigenvalue weighted by Gasteiger charge is 2.26. The van der Waals surface area contributed by atoms with Gasteiger partial charge < -0.3 is 10.4 Å². The lowest BCUT2D eigenvalue weighted by molar-refractivity contribution is -0.125. The van der Waals surface area contributed by atoms with Crippen LogP contribution in [0.5, 0.6) is 0 Å². The Hall–Kier alpha value is -1.68. The summed E-state index contributed by atoms with van der Waals surface area (Å²) >= 11 is 0.